The van der Waals surface area contributed by atoms with Crippen LogP contribution in [0.4, 0.5) is 17.1 Å². The lowest BCUT2D eigenvalue weighted by Crippen LogP contribution is -2.31. The number of nitrogens with one attached hydrogen (secondary N) is 4. The van der Waals surface area contributed by atoms with Gasteiger partial charge in [-0.2, -0.15) is 0 Å². The van der Waals surface area contributed by atoms with Crippen molar-refractivity contribution in [3.05, 3.63) is 54.1 Å². The van der Waals surface area contributed by atoms with E-state index >= 15 is 0 Å². The van der Waals surface area contributed by atoms with Gasteiger partial charge in [0.25, 0.3) is 5.91 Å². The van der Waals surface area contributed by atoms with Crippen LogP contribution in [0.25, 0.3) is 0 Å². The van der Waals surface area contributed by atoms with E-state index in [4.69, 9.17) is 4.74 Å². The lowest BCUT2D eigenvalue weighted by atomic mass is 10.1. The summed E-state index contributed by atoms with van der Waals surface area (Å²) < 4.78 is 5.52. The molecule has 0 bridgehead atoms. The smallest absolute Gasteiger partial charge is 0.251 e. The van der Waals surface area contributed by atoms with Gasteiger partial charge in [-0.25, -0.2) is 0 Å². The number of carbonyl (C=O) groups excluding carboxylic acids is 3. The third-order valence-electron chi connectivity index (χ3n) is 5.05. The normalized spacial score (nSPS) is 15.3. The molecule has 0 saturated carbocycles. The zero-order valence-corrected chi connectivity index (χ0v) is 18.4. The van der Waals surface area contributed by atoms with Gasteiger partial charge in [-0.1, -0.05) is 19.9 Å². The van der Waals surface area contributed by atoms with Gasteiger partial charge in [0.1, 0.15) is 0 Å². The summed E-state index contributed by atoms with van der Waals surface area (Å²) in [6, 6.07) is 13.9. The van der Waals surface area contributed by atoms with Crippen molar-refractivity contribution in [2.75, 3.05) is 35.6 Å². The molecule has 8 nitrogen and oxygen atoms in total. The summed E-state index contributed by atoms with van der Waals surface area (Å²) in [7, 11) is 0. The Hall–Kier alpha value is -3.39. The second kappa shape index (κ2) is 11.3. The first-order valence-corrected chi connectivity index (χ1v) is 10.9. The molecule has 3 amide bonds. The Kier molecular flexibility index (Phi) is 8.21. The van der Waals surface area contributed by atoms with Gasteiger partial charge in [-0.3, -0.25) is 14.4 Å². The van der Waals surface area contributed by atoms with E-state index in [-0.39, 0.29) is 36.3 Å². The third-order valence-corrected chi connectivity index (χ3v) is 5.05. The Bertz CT molecular complexity index is 937. The van der Waals surface area contributed by atoms with E-state index < -0.39 is 0 Å². The standard InChI is InChI=1S/C24H30N4O4/c1-16(2)23(30)28-19-10-8-18(9-11-19)27-22(29)15-25-20-6-3-5-17(13-20)24(31)26-14-21-7-4-12-32-21/h3,5-6,8-11,13,16,21,25H,4,7,12,14-15H2,1-2H3,(H,26,31)(H,27,29)(H,28,30). The predicted molar refractivity (Wildman–Crippen MR) is 125 cm³/mol. The van der Waals surface area contributed by atoms with Gasteiger partial charge >= 0.3 is 0 Å². The summed E-state index contributed by atoms with van der Waals surface area (Å²) in [6.07, 6.45) is 2.08. The summed E-state index contributed by atoms with van der Waals surface area (Å²) in [5, 5.41) is 11.5. The van der Waals surface area contributed by atoms with Crippen LogP contribution >= 0.6 is 0 Å². The number of benzene rings is 2. The van der Waals surface area contributed by atoms with Crippen LogP contribution in [-0.2, 0) is 14.3 Å². The first-order valence-electron chi connectivity index (χ1n) is 10.9. The number of ether oxygens (including phenoxy) is 1. The first-order chi connectivity index (χ1) is 15.4. The molecule has 170 valence electrons. The van der Waals surface area contributed by atoms with Crippen molar-refractivity contribution in [2.45, 2.75) is 32.8 Å². The van der Waals surface area contributed by atoms with Crippen LogP contribution in [0.2, 0.25) is 0 Å². The Morgan fingerprint density at radius 3 is 2.38 bits per heavy atom. The highest BCUT2D eigenvalue weighted by Gasteiger charge is 2.16. The second-order valence-corrected chi connectivity index (χ2v) is 8.05. The molecule has 1 aliphatic rings. The van der Waals surface area contributed by atoms with Gasteiger partial charge in [0.05, 0.1) is 12.6 Å². The lowest BCUT2D eigenvalue weighted by molar-refractivity contribution is -0.119. The lowest BCUT2D eigenvalue weighted by Gasteiger charge is -2.12. The van der Waals surface area contributed by atoms with Crippen LogP contribution in [0.5, 0.6) is 0 Å². The van der Waals surface area contributed by atoms with E-state index in [2.05, 4.69) is 21.3 Å². The van der Waals surface area contributed by atoms with Crippen molar-refractivity contribution in [3.8, 4) is 0 Å². The molecule has 3 rings (SSSR count). The minimum atomic E-state index is -0.225. The van der Waals surface area contributed by atoms with E-state index in [1.54, 1.807) is 48.5 Å². The molecule has 1 unspecified atom stereocenters. The Morgan fingerprint density at radius 2 is 1.72 bits per heavy atom. The van der Waals surface area contributed by atoms with Crippen LogP contribution in [0, 0.1) is 5.92 Å². The number of carbonyl (C=O) groups is 3. The first kappa shape index (κ1) is 23.3. The predicted octanol–water partition coefficient (Wildman–Crippen LogP) is 3.24. The molecule has 1 aliphatic heterocycles. The van der Waals surface area contributed by atoms with Crippen LogP contribution in [0.15, 0.2) is 48.5 Å². The molecule has 0 spiro atoms. The van der Waals surface area contributed by atoms with Crippen LogP contribution in [-0.4, -0.2) is 43.5 Å². The summed E-state index contributed by atoms with van der Waals surface area (Å²) in [5.41, 5.74) is 2.50. The molecular formula is C24H30N4O4. The largest absolute Gasteiger partial charge is 0.376 e. The Labute approximate surface area is 188 Å². The van der Waals surface area contributed by atoms with Gasteiger partial charge in [0.2, 0.25) is 11.8 Å². The maximum atomic E-state index is 12.4. The highest BCUT2D eigenvalue weighted by atomic mass is 16.5. The van der Waals surface area contributed by atoms with E-state index in [0.29, 0.717) is 29.2 Å². The van der Waals surface area contributed by atoms with Crippen molar-refractivity contribution in [3.63, 3.8) is 0 Å². The van der Waals surface area contributed by atoms with E-state index in [0.717, 1.165) is 19.4 Å². The Balaban J connectivity index is 1.45. The van der Waals surface area contributed by atoms with Crippen LogP contribution < -0.4 is 21.3 Å². The number of hydrogen-bond acceptors (Lipinski definition) is 5. The molecule has 1 saturated heterocycles. The second-order valence-electron chi connectivity index (χ2n) is 8.05. The van der Waals surface area contributed by atoms with E-state index in [1.165, 1.54) is 0 Å². The van der Waals surface area contributed by atoms with Gasteiger partial charge in [0, 0.05) is 41.7 Å². The SMILES string of the molecule is CC(C)C(=O)Nc1ccc(NC(=O)CNc2cccc(C(=O)NCC3CCCO3)c2)cc1. The molecule has 1 heterocycles. The number of anilines is 3. The average molecular weight is 439 g/mol. The van der Waals surface area contributed by atoms with Gasteiger partial charge in [0.15, 0.2) is 0 Å². The van der Waals surface area contributed by atoms with Gasteiger partial charge in [-0.15, -0.1) is 0 Å². The molecule has 0 aliphatic carbocycles. The van der Waals surface area contributed by atoms with E-state index in [1.807, 2.05) is 13.8 Å². The number of hydrogen-bond donors (Lipinski definition) is 4. The van der Waals surface area contributed by atoms with Crippen molar-refractivity contribution in [2.24, 2.45) is 5.92 Å². The molecule has 1 fully saturated rings. The average Bonchev–Trinajstić information content (AvgIpc) is 3.31. The molecule has 0 radical (unpaired) electrons. The molecule has 4 N–H and O–H groups in total. The van der Waals surface area contributed by atoms with Gasteiger partial charge in [-0.05, 0) is 55.3 Å². The fourth-order valence-corrected chi connectivity index (χ4v) is 3.20. The van der Waals surface area contributed by atoms with Crippen molar-refractivity contribution >= 4 is 34.8 Å². The van der Waals surface area contributed by atoms with Crippen LogP contribution in [0.1, 0.15) is 37.0 Å². The minimum absolute atomic E-state index is 0.0484. The molecule has 8 heteroatoms. The fourth-order valence-electron chi connectivity index (χ4n) is 3.20. The van der Waals surface area contributed by atoms with Crippen molar-refractivity contribution < 1.29 is 19.1 Å². The van der Waals surface area contributed by atoms with Gasteiger partial charge < -0.3 is 26.0 Å². The Morgan fingerprint density at radius 1 is 1.00 bits per heavy atom. The zero-order chi connectivity index (χ0) is 22.9. The summed E-state index contributed by atoms with van der Waals surface area (Å²) >= 11 is 0. The summed E-state index contributed by atoms with van der Waals surface area (Å²) in [6.45, 7) is 4.95. The maximum Gasteiger partial charge on any atom is 0.251 e. The molecule has 2 aromatic rings. The number of amides is 3. The third kappa shape index (κ3) is 7.09. The molecule has 32 heavy (non-hydrogen) atoms. The minimum Gasteiger partial charge on any atom is -0.376 e. The fraction of sp³-hybridized carbons (Fsp3) is 0.375. The topological polar surface area (TPSA) is 109 Å². The van der Waals surface area contributed by atoms with Crippen molar-refractivity contribution in [1.82, 2.24) is 5.32 Å². The highest BCUT2D eigenvalue weighted by molar-refractivity contribution is 5.96. The summed E-state index contributed by atoms with van der Waals surface area (Å²) in [5.74, 6) is -0.560. The highest BCUT2D eigenvalue weighted by Crippen LogP contribution is 2.15. The summed E-state index contributed by atoms with van der Waals surface area (Å²) in [4.78, 5) is 36.4. The molecular weight excluding hydrogens is 408 g/mol. The van der Waals surface area contributed by atoms with Crippen LogP contribution in [0.3, 0.4) is 0 Å². The maximum absolute atomic E-state index is 12.4. The monoisotopic (exact) mass is 438 g/mol. The quantitative estimate of drug-likeness (QED) is 0.481. The zero-order valence-electron chi connectivity index (χ0n) is 18.4. The molecule has 0 aromatic heterocycles. The van der Waals surface area contributed by atoms with E-state index in [9.17, 15) is 14.4 Å². The van der Waals surface area contributed by atoms with Crippen molar-refractivity contribution in [1.29, 1.82) is 0 Å². The molecule has 2 aromatic carbocycles. The molecule has 1 atom stereocenters. The number of rotatable bonds is 9.